The Morgan fingerprint density at radius 3 is 2.18 bits per heavy atom. The molecule has 2 aromatic carbocycles. The Labute approximate surface area is 193 Å². The monoisotopic (exact) mass is 508 g/mol. The largest absolute Gasteiger partial charge is 0.428 e. The van der Waals surface area contributed by atoms with Crippen LogP contribution in [-0.4, -0.2) is 30.1 Å². The fourth-order valence-corrected chi connectivity index (χ4v) is 4.10. The van der Waals surface area contributed by atoms with Crippen molar-refractivity contribution in [3.8, 4) is 0 Å². The molecule has 1 unspecified atom stereocenters. The molecule has 1 saturated heterocycles. The molecule has 0 bridgehead atoms. The van der Waals surface area contributed by atoms with E-state index < -0.39 is 39.8 Å². The van der Waals surface area contributed by atoms with Crippen LogP contribution < -0.4 is 5.48 Å². The van der Waals surface area contributed by atoms with Gasteiger partial charge in [-0.15, -0.1) is 0 Å². The van der Waals surface area contributed by atoms with E-state index in [2.05, 4.69) is 5.48 Å². The number of nitrogens with zero attached hydrogens (tertiary/aromatic N) is 1. The molecular formula is C22H16ClF7N2O2. The summed E-state index contributed by atoms with van der Waals surface area (Å²) < 4.78 is 96.8. The van der Waals surface area contributed by atoms with Gasteiger partial charge >= 0.3 is 12.4 Å². The Hall–Kier alpha value is -2.79. The number of benzene rings is 2. The summed E-state index contributed by atoms with van der Waals surface area (Å²) in [6.07, 6.45) is -9.47. The molecule has 12 heteroatoms. The summed E-state index contributed by atoms with van der Waals surface area (Å²) in [6, 6.07) is 7.02. The van der Waals surface area contributed by atoms with Crippen LogP contribution in [0.2, 0.25) is 5.02 Å². The molecule has 1 N–H and O–H groups in total. The number of carbonyl (C=O) groups is 1. The first kappa shape index (κ1) is 24.3. The lowest BCUT2D eigenvalue weighted by Gasteiger charge is -2.44. The number of carbonyl (C=O) groups excluding carboxylic acids is 1. The number of hydrogen-bond donors (Lipinski definition) is 1. The third-order valence-electron chi connectivity index (χ3n) is 5.79. The predicted octanol–water partition coefficient (Wildman–Crippen LogP) is 5.72. The quantitative estimate of drug-likeness (QED) is 0.539. The maximum atomic E-state index is 14.9. The number of nitrogens with one attached hydrogen (secondary N) is 1. The molecule has 0 radical (unpaired) electrons. The summed E-state index contributed by atoms with van der Waals surface area (Å²) in [7, 11) is 0. The summed E-state index contributed by atoms with van der Waals surface area (Å²) in [5.41, 5.74) is -4.88. The lowest BCUT2D eigenvalue weighted by Crippen LogP contribution is -2.58. The van der Waals surface area contributed by atoms with E-state index in [1.807, 2.05) is 0 Å². The summed E-state index contributed by atoms with van der Waals surface area (Å²) >= 11 is 5.69. The topological polar surface area (TPSA) is 41.6 Å². The minimum atomic E-state index is -5.15. The molecule has 34 heavy (non-hydrogen) atoms. The van der Waals surface area contributed by atoms with E-state index in [1.54, 1.807) is 0 Å². The van der Waals surface area contributed by atoms with Crippen LogP contribution in [0.25, 0.3) is 5.70 Å². The summed E-state index contributed by atoms with van der Waals surface area (Å²) in [6.45, 7) is 1.03. The van der Waals surface area contributed by atoms with Gasteiger partial charge in [-0.05, 0) is 35.4 Å². The smallest absolute Gasteiger partial charge is 0.336 e. The molecule has 1 fully saturated rings. The molecule has 4 rings (SSSR count). The van der Waals surface area contributed by atoms with Crippen molar-refractivity contribution in [1.82, 2.24) is 10.4 Å². The zero-order chi connectivity index (χ0) is 25.1. The maximum Gasteiger partial charge on any atom is 0.428 e. The van der Waals surface area contributed by atoms with Crippen LogP contribution in [0.1, 0.15) is 29.2 Å². The van der Waals surface area contributed by atoms with E-state index in [4.69, 9.17) is 16.4 Å². The van der Waals surface area contributed by atoms with Gasteiger partial charge in [-0.1, -0.05) is 35.9 Å². The zero-order valence-electron chi connectivity index (χ0n) is 17.3. The Morgan fingerprint density at radius 1 is 1.03 bits per heavy atom. The van der Waals surface area contributed by atoms with E-state index in [0.29, 0.717) is 18.2 Å². The Morgan fingerprint density at radius 2 is 1.65 bits per heavy atom. The first-order chi connectivity index (χ1) is 15.6. The second kappa shape index (κ2) is 7.88. The highest BCUT2D eigenvalue weighted by molar-refractivity contribution is 6.30. The maximum absolute atomic E-state index is 14.9. The van der Waals surface area contributed by atoms with E-state index in [9.17, 15) is 35.5 Å². The first-order valence-corrected chi connectivity index (χ1v) is 10.2. The van der Waals surface area contributed by atoms with Gasteiger partial charge in [0.15, 0.2) is 5.67 Å². The molecule has 182 valence electrons. The van der Waals surface area contributed by atoms with Gasteiger partial charge in [0.05, 0.1) is 24.4 Å². The van der Waals surface area contributed by atoms with Crippen molar-refractivity contribution in [2.75, 3.05) is 13.1 Å². The van der Waals surface area contributed by atoms with Crippen molar-refractivity contribution < 1.29 is 40.4 Å². The highest BCUT2D eigenvalue weighted by atomic mass is 35.5. The van der Waals surface area contributed by atoms with Gasteiger partial charge in [0.25, 0.3) is 0 Å². The van der Waals surface area contributed by atoms with Crippen molar-refractivity contribution in [2.24, 2.45) is 0 Å². The van der Waals surface area contributed by atoms with E-state index in [-0.39, 0.29) is 35.8 Å². The Bertz CT molecular complexity index is 1160. The molecule has 2 aromatic rings. The SMILES string of the molecule is CC(=O)N1CC(F)(c2ccc(C3=CC(c4cc(Cl)cc(C(F)(F)F)c4)(C(F)(F)F)ON3)cc2)C1. The lowest BCUT2D eigenvalue weighted by molar-refractivity contribution is -0.269. The fraction of sp³-hybridized carbons (Fsp3) is 0.318. The van der Waals surface area contributed by atoms with Gasteiger partial charge < -0.3 is 4.90 Å². The van der Waals surface area contributed by atoms with Crippen molar-refractivity contribution >= 4 is 23.2 Å². The summed E-state index contributed by atoms with van der Waals surface area (Å²) in [4.78, 5) is 17.4. The standard InChI is InChI=1S/C22H16ClF7N2O2/c1-12(33)32-10-19(24,11-32)14-4-2-13(3-5-14)18-9-20(34-31-18,22(28,29)30)15-6-16(21(25,26)27)8-17(23)7-15/h2-9,31H,10-11H2,1H3. The van der Waals surface area contributed by atoms with Gasteiger partial charge in [0.2, 0.25) is 11.5 Å². The van der Waals surface area contributed by atoms with Gasteiger partial charge in [-0.3, -0.25) is 15.1 Å². The van der Waals surface area contributed by atoms with Crippen LogP contribution in [0, 0.1) is 0 Å². The fourth-order valence-electron chi connectivity index (χ4n) is 3.87. The number of likely N-dealkylation sites (tertiary alicyclic amines) is 1. The highest BCUT2D eigenvalue weighted by Crippen LogP contribution is 2.49. The molecule has 2 heterocycles. The van der Waals surface area contributed by atoms with Crippen LogP contribution >= 0.6 is 11.6 Å². The minimum Gasteiger partial charge on any atom is -0.336 e. The van der Waals surface area contributed by atoms with E-state index in [0.717, 1.165) is 6.07 Å². The van der Waals surface area contributed by atoms with Crippen LogP contribution in [0.4, 0.5) is 30.7 Å². The van der Waals surface area contributed by atoms with Gasteiger partial charge in [-0.2, -0.15) is 26.3 Å². The molecule has 0 aromatic heterocycles. The second-order valence-electron chi connectivity index (χ2n) is 8.14. The average molecular weight is 509 g/mol. The van der Waals surface area contributed by atoms with Crippen molar-refractivity contribution in [3.05, 3.63) is 75.8 Å². The number of hydroxylamine groups is 1. The normalized spacial score (nSPS) is 22.1. The average Bonchev–Trinajstić information content (AvgIpc) is 3.17. The van der Waals surface area contributed by atoms with E-state index >= 15 is 0 Å². The number of halogens is 8. The van der Waals surface area contributed by atoms with Gasteiger partial charge in [0.1, 0.15) is 0 Å². The highest BCUT2D eigenvalue weighted by Gasteiger charge is 2.60. The molecule has 4 nitrogen and oxygen atoms in total. The first-order valence-electron chi connectivity index (χ1n) is 9.82. The molecule has 1 atom stereocenters. The molecule has 2 aliphatic heterocycles. The molecule has 0 saturated carbocycles. The third kappa shape index (κ3) is 4.11. The van der Waals surface area contributed by atoms with Crippen molar-refractivity contribution in [1.29, 1.82) is 0 Å². The summed E-state index contributed by atoms with van der Waals surface area (Å²) in [5.74, 6) is -0.277. The molecule has 0 aliphatic carbocycles. The van der Waals surface area contributed by atoms with Crippen molar-refractivity contribution in [2.45, 2.75) is 30.5 Å². The van der Waals surface area contributed by atoms with Crippen molar-refractivity contribution in [3.63, 3.8) is 0 Å². The van der Waals surface area contributed by atoms with Crippen LogP contribution in [0.15, 0.2) is 48.5 Å². The second-order valence-corrected chi connectivity index (χ2v) is 8.58. The predicted molar refractivity (Wildman–Crippen MR) is 108 cm³/mol. The lowest BCUT2D eigenvalue weighted by atomic mass is 9.87. The van der Waals surface area contributed by atoms with Gasteiger partial charge in [-0.25, -0.2) is 4.39 Å². The van der Waals surface area contributed by atoms with Crippen LogP contribution in [0.3, 0.4) is 0 Å². The zero-order valence-corrected chi connectivity index (χ0v) is 18.1. The minimum absolute atomic E-state index is 0.140. The van der Waals surface area contributed by atoms with Gasteiger partial charge in [0, 0.05) is 17.5 Å². The number of alkyl halides is 7. The Kier molecular flexibility index (Phi) is 5.64. The molecule has 2 aliphatic rings. The molecule has 1 amide bonds. The van der Waals surface area contributed by atoms with E-state index in [1.165, 1.54) is 36.1 Å². The molecular weight excluding hydrogens is 493 g/mol. The number of hydrogen-bond acceptors (Lipinski definition) is 3. The van der Waals surface area contributed by atoms with Crippen LogP contribution in [0.5, 0.6) is 0 Å². The summed E-state index contributed by atoms with van der Waals surface area (Å²) in [5, 5.41) is -0.545. The Balaban J connectivity index is 1.69. The third-order valence-corrected chi connectivity index (χ3v) is 6.00. The number of rotatable bonds is 3. The molecule has 0 spiro atoms. The number of amides is 1. The van der Waals surface area contributed by atoms with Crippen LogP contribution in [-0.2, 0) is 27.1 Å².